The van der Waals surface area contributed by atoms with Gasteiger partial charge in [0.05, 0.1) is 6.42 Å². The highest BCUT2D eigenvalue weighted by Crippen LogP contribution is 2.30. The number of amides is 1. The van der Waals surface area contributed by atoms with E-state index in [0.717, 1.165) is 41.9 Å². The van der Waals surface area contributed by atoms with E-state index in [2.05, 4.69) is 21.8 Å². The quantitative estimate of drug-likeness (QED) is 0.620. The fraction of sp³-hybridized carbons (Fsp3) is 0.429. The van der Waals surface area contributed by atoms with Crippen LogP contribution >= 0.6 is 0 Å². The second-order valence-corrected chi connectivity index (χ2v) is 7.52. The summed E-state index contributed by atoms with van der Waals surface area (Å²) >= 11 is 0. The number of carbonyl (C=O) groups is 1. The Morgan fingerprint density at radius 3 is 3.11 bits per heavy atom. The number of nitrogens with zero attached hydrogens (tertiary/aromatic N) is 2. The molecule has 27 heavy (non-hydrogen) atoms. The summed E-state index contributed by atoms with van der Waals surface area (Å²) in [4.78, 5) is 18.4. The van der Waals surface area contributed by atoms with Crippen molar-refractivity contribution < 1.29 is 9.53 Å². The van der Waals surface area contributed by atoms with Crippen molar-refractivity contribution in [1.29, 1.82) is 0 Å². The van der Waals surface area contributed by atoms with E-state index in [-0.39, 0.29) is 12.0 Å². The third kappa shape index (κ3) is 3.90. The molecule has 3 N–H and O–H groups in total. The lowest BCUT2D eigenvalue weighted by molar-refractivity contribution is -0.115. The first-order valence-electron chi connectivity index (χ1n) is 9.59. The zero-order valence-electron chi connectivity index (χ0n) is 15.5. The molecule has 0 aromatic heterocycles. The number of benzene rings is 1. The molecule has 6 nitrogen and oxygen atoms in total. The lowest BCUT2D eigenvalue weighted by Gasteiger charge is -2.42. The first-order valence-corrected chi connectivity index (χ1v) is 9.59. The maximum atomic E-state index is 11.5. The second-order valence-electron chi connectivity index (χ2n) is 7.52. The smallest absolute Gasteiger partial charge is 0.228 e. The van der Waals surface area contributed by atoms with Gasteiger partial charge in [-0.15, -0.1) is 0 Å². The molecule has 142 valence electrons. The summed E-state index contributed by atoms with van der Waals surface area (Å²) in [7, 11) is 0. The van der Waals surface area contributed by atoms with Crippen LogP contribution in [-0.2, 0) is 16.0 Å². The zero-order chi connectivity index (χ0) is 18.8. The minimum absolute atomic E-state index is 0.0182. The first-order chi connectivity index (χ1) is 13.1. The van der Waals surface area contributed by atoms with Crippen molar-refractivity contribution in [3.8, 4) is 0 Å². The van der Waals surface area contributed by atoms with Gasteiger partial charge in [0.15, 0.2) is 0 Å². The molecular formula is C21H26N4O2. The average molecular weight is 366 g/mol. The molecular weight excluding hydrogens is 340 g/mol. The van der Waals surface area contributed by atoms with Crippen molar-refractivity contribution in [2.24, 2.45) is 16.6 Å². The minimum atomic E-state index is 0.0182. The van der Waals surface area contributed by atoms with E-state index < -0.39 is 0 Å². The number of aliphatic imine (C=N–C) groups is 1. The van der Waals surface area contributed by atoms with Crippen molar-refractivity contribution in [2.75, 3.05) is 25.0 Å². The summed E-state index contributed by atoms with van der Waals surface area (Å²) in [5.41, 5.74) is 9.34. The molecule has 2 saturated heterocycles. The molecule has 1 unspecified atom stereocenters. The first kappa shape index (κ1) is 17.8. The fourth-order valence-electron chi connectivity index (χ4n) is 4.27. The summed E-state index contributed by atoms with van der Waals surface area (Å²) in [6, 6.07) is 5.80. The predicted molar refractivity (Wildman–Crippen MR) is 107 cm³/mol. The number of hydrogen-bond acceptors (Lipinski definition) is 5. The van der Waals surface area contributed by atoms with Crippen LogP contribution in [0.4, 0.5) is 5.69 Å². The van der Waals surface area contributed by atoms with E-state index in [0.29, 0.717) is 18.2 Å². The highest BCUT2D eigenvalue weighted by Gasteiger charge is 2.33. The predicted octanol–water partition coefficient (Wildman–Crippen LogP) is 2.52. The Bertz CT molecular complexity index is 814. The lowest BCUT2D eigenvalue weighted by atomic mass is 9.87. The van der Waals surface area contributed by atoms with E-state index in [1.807, 2.05) is 18.2 Å². The molecule has 3 heterocycles. The molecule has 3 aliphatic rings. The number of ether oxygens (including phenoxy) is 1. The van der Waals surface area contributed by atoms with Gasteiger partial charge in [0.2, 0.25) is 11.8 Å². The van der Waals surface area contributed by atoms with Gasteiger partial charge in [-0.2, -0.15) is 0 Å². The number of fused-ring (bicyclic) bond motifs is 3. The fourth-order valence-corrected chi connectivity index (χ4v) is 4.27. The molecule has 2 bridgehead atoms. The Balaban J connectivity index is 1.40. The SMILES string of the molecule is C=C(N=C/C(=C\N)c1ccc2c(c1)CC(=O)N2)O[C@H]1CCN2CCC[C@@H]1C2. The van der Waals surface area contributed by atoms with Gasteiger partial charge in [-0.05, 0) is 55.6 Å². The Labute approximate surface area is 159 Å². The second kappa shape index (κ2) is 7.56. The molecule has 6 heteroatoms. The van der Waals surface area contributed by atoms with Crippen LogP contribution in [0.3, 0.4) is 0 Å². The summed E-state index contributed by atoms with van der Waals surface area (Å²) in [6.07, 6.45) is 7.29. The number of nitrogens with one attached hydrogen (secondary N) is 1. The van der Waals surface area contributed by atoms with Gasteiger partial charge in [-0.3, -0.25) is 4.79 Å². The van der Waals surface area contributed by atoms with E-state index in [1.165, 1.54) is 25.6 Å². The number of hydrogen-bond donors (Lipinski definition) is 2. The summed E-state index contributed by atoms with van der Waals surface area (Å²) in [6.45, 7) is 7.40. The van der Waals surface area contributed by atoms with E-state index in [4.69, 9.17) is 10.5 Å². The van der Waals surface area contributed by atoms with Crippen molar-refractivity contribution >= 4 is 23.4 Å². The van der Waals surface area contributed by atoms with Crippen molar-refractivity contribution in [1.82, 2.24) is 4.90 Å². The molecule has 0 aliphatic carbocycles. The lowest BCUT2D eigenvalue weighted by Crippen LogP contribution is -2.47. The van der Waals surface area contributed by atoms with Gasteiger partial charge in [0, 0.05) is 42.7 Å². The molecule has 1 amide bonds. The van der Waals surface area contributed by atoms with Crippen LogP contribution < -0.4 is 11.1 Å². The van der Waals surface area contributed by atoms with Gasteiger partial charge >= 0.3 is 0 Å². The number of rotatable bonds is 5. The Morgan fingerprint density at radius 2 is 2.26 bits per heavy atom. The largest absolute Gasteiger partial charge is 0.474 e. The van der Waals surface area contributed by atoms with Crippen molar-refractivity contribution in [3.63, 3.8) is 0 Å². The molecule has 0 radical (unpaired) electrons. The molecule has 4 rings (SSSR count). The summed E-state index contributed by atoms with van der Waals surface area (Å²) in [5, 5.41) is 2.83. The maximum Gasteiger partial charge on any atom is 0.228 e. The highest BCUT2D eigenvalue weighted by atomic mass is 16.5. The van der Waals surface area contributed by atoms with Crippen molar-refractivity contribution in [3.05, 3.63) is 48.0 Å². The van der Waals surface area contributed by atoms with Crippen LogP contribution in [-0.4, -0.2) is 42.8 Å². The normalized spacial score (nSPS) is 27.3. The molecule has 3 aliphatic heterocycles. The zero-order valence-corrected chi connectivity index (χ0v) is 15.5. The average Bonchev–Trinajstić information content (AvgIpc) is 3.04. The van der Waals surface area contributed by atoms with Gasteiger partial charge in [-0.1, -0.05) is 6.07 Å². The minimum Gasteiger partial charge on any atom is -0.474 e. The van der Waals surface area contributed by atoms with Crippen LogP contribution in [0.1, 0.15) is 30.4 Å². The van der Waals surface area contributed by atoms with E-state index in [1.54, 1.807) is 6.21 Å². The molecule has 1 aromatic rings. The standard InChI is InChI=1S/C21H26N4O2/c1-14(27-20-6-8-25-7-2-3-16(20)13-25)23-12-18(11-22)15-4-5-19-17(9-15)10-21(26)24-19/h4-5,9,11-12,16,20H,1-3,6-8,10,13,22H2,(H,24,26)/b18-11+,23-12?/t16-,20+/m1/s1. The molecule has 0 saturated carbocycles. The van der Waals surface area contributed by atoms with Gasteiger partial charge < -0.3 is 20.7 Å². The molecule has 0 spiro atoms. The third-order valence-corrected chi connectivity index (χ3v) is 5.68. The van der Waals surface area contributed by atoms with Gasteiger partial charge in [0.25, 0.3) is 0 Å². The number of carbonyl (C=O) groups excluding carboxylic acids is 1. The summed E-state index contributed by atoms with van der Waals surface area (Å²) in [5.74, 6) is 1.02. The van der Waals surface area contributed by atoms with Crippen LogP contribution in [0.5, 0.6) is 0 Å². The molecule has 3 atom stereocenters. The van der Waals surface area contributed by atoms with Gasteiger partial charge in [-0.25, -0.2) is 4.99 Å². The molecule has 1 aromatic carbocycles. The molecule has 2 fully saturated rings. The number of nitrogens with two attached hydrogens (primary N) is 1. The van der Waals surface area contributed by atoms with E-state index >= 15 is 0 Å². The van der Waals surface area contributed by atoms with Crippen LogP contribution in [0.15, 0.2) is 41.9 Å². The van der Waals surface area contributed by atoms with Crippen LogP contribution in [0, 0.1) is 5.92 Å². The Hall–Kier alpha value is -2.60. The monoisotopic (exact) mass is 366 g/mol. The maximum absolute atomic E-state index is 11.5. The van der Waals surface area contributed by atoms with Crippen LogP contribution in [0.2, 0.25) is 0 Å². The summed E-state index contributed by atoms with van der Waals surface area (Å²) < 4.78 is 6.05. The van der Waals surface area contributed by atoms with Crippen molar-refractivity contribution in [2.45, 2.75) is 31.8 Å². The van der Waals surface area contributed by atoms with E-state index in [9.17, 15) is 4.79 Å². The highest BCUT2D eigenvalue weighted by molar-refractivity contribution is 6.10. The Kier molecular flexibility index (Phi) is 4.99. The Morgan fingerprint density at radius 1 is 1.37 bits per heavy atom. The topological polar surface area (TPSA) is 79.9 Å². The number of allylic oxidation sites excluding steroid dienone is 1. The number of anilines is 1. The number of piperidine rings is 2. The van der Waals surface area contributed by atoms with Gasteiger partial charge in [0.1, 0.15) is 6.10 Å². The third-order valence-electron chi connectivity index (χ3n) is 5.68. The van der Waals surface area contributed by atoms with Crippen LogP contribution in [0.25, 0.3) is 5.57 Å².